The minimum Gasteiger partial charge on any atom is -0.346 e. The van der Waals surface area contributed by atoms with Crippen LogP contribution >= 0.6 is 0 Å². The topological polar surface area (TPSA) is 52.6 Å². The molecule has 0 spiro atoms. The van der Waals surface area contributed by atoms with Crippen LogP contribution in [0.2, 0.25) is 0 Å². The normalized spacial score (nSPS) is 13.3. The number of rotatable bonds is 6. The SMILES string of the molecule is CCOC(OCC)C(=O)c1ccc2c(c1)CCc1ccccc1C2=O. The third-order valence-electron chi connectivity index (χ3n) is 4.41. The third-order valence-corrected chi connectivity index (χ3v) is 4.41. The van der Waals surface area contributed by atoms with Gasteiger partial charge < -0.3 is 9.47 Å². The Labute approximate surface area is 147 Å². The smallest absolute Gasteiger partial charge is 0.222 e. The Balaban J connectivity index is 1.93. The maximum Gasteiger partial charge on any atom is 0.222 e. The molecule has 2 aromatic rings. The first kappa shape index (κ1) is 17.5. The predicted molar refractivity (Wildman–Crippen MR) is 95.1 cm³/mol. The molecule has 2 aromatic carbocycles. The van der Waals surface area contributed by atoms with Crippen LogP contribution in [0.15, 0.2) is 42.5 Å². The molecule has 0 bridgehead atoms. The number of carbonyl (C=O) groups is 2. The molecule has 130 valence electrons. The van der Waals surface area contributed by atoms with Gasteiger partial charge in [-0.15, -0.1) is 0 Å². The molecular weight excluding hydrogens is 316 g/mol. The zero-order valence-electron chi connectivity index (χ0n) is 14.6. The van der Waals surface area contributed by atoms with E-state index in [4.69, 9.17) is 9.47 Å². The maximum absolute atomic E-state index is 12.8. The number of benzene rings is 2. The molecule has 0 aliphatic heterocycles. The minimum absolute atomic E-state index is 0.0215. The fourth-order valence-corrected chi connectivity index (χ4v) is 3.19. The summed E-state index contributed by atoms with van der Waals surface area (Å²) in [5, 5.41) is 0. The van der Waals surface area contributed by atoms with Crippen molar-refractivity contribution in [2.75, 3.05) is 13.2 Å². The fourth-order valence-electron chi connectivity index (χ4n) is 3.19. The van der Waals surface area contributed by atoms with Gasteiger partial charge in [0.2, 0.25) is 12.1 Å². The molecule has 4 nitrogen and oxygen atoms in total. The first-order chi connectivity index (χ1) is 12.2. The molecule has 0 radical (unpaired) electrons. The van der Waals surface area contributed by atoms with E-state index in [0.717, 1.165) is 29.5 Å². The summed E-state index contributed by atoms with van der Waals surface area (Å²) < 4.78 is 10.8. The zero-order valence-corrected chi connectivity index (χ0v) is 14.6. The van der Waals surface area contributed by atoms with Crippen LogP contribution in [0.5, 0.6) is 0 Å². The third kappa shape index (κ3) is 3.55. The average Bonchev–Trinajstić information content (AvgIpc) is 2.78. The molecule has 0 aromatic heterocycles. The van der Waals surface area contributed by atoms with Crippen molar-refractivity contribution in [1.29, 1.82) is 0 Å². The molecular formula is C21H22O4. The van der Waals surface area contributed by atoms with Crippen LogP contribution < -0.4 is 0 Å². The molecule has 0 unspecified atom stereocenters. The lowest BCUT2D eigenvalue weighted by atomic mass is 9.96. The van der Waals surface area contributed by atoms with Gasteiger partial charge in [0.15, 0.2) is 5.78 Å². The minimum atomic E-state index is -0.897. The van der Waals surface area contributed by atoms with Crippen LogP contribution in [-0.2, 0) is 22.3 Å². The Kier molecular flexibility index (Phi) is 5.41. The van der Waals surface area contributed by atoms with E-state index in [-0.39, 0.29) is 11.6 Å². The number of aryl methyl sites for hydroxylation is 2. The summed E-state index contributed by atoms with van der Waals surface area (Å²) in [6, 6.07) is 12.9. The van der Waals surface area contributed by atoms with Crippen LogP contribution in [0, 0.1) is 0 Å². The maximum atomic E-state index is 12.8. The van der Waals surface area contributed by atoms with E-state index in [1.165, 1.54) is 0 Å². The van der Waals surface area contributed by atoms with Crippen LogP contribution in [-0.4, -0.2) is 31.1 Å². The molecule has 0 saturated carbocycles. The van der Waals surface area contributed by atoms with E-state index in [9.17, 15) is 9.59 Å². The highest BCUT2D eigenvalue weighted by Crippen LogP contribution is 2.26. The molecule has 1 aliphatic rings. The number of Topliss-reactive ketones (excluding diaryl/α,β-unsaturated/α-hetero) is 1. The van der Waals surface area contributed by atoms with Crippen molar-refractivity contribution < 1.29 is 19.1 Å². The highest BCUT2D eigenvalue weighted by Gasteiger charge is 2.25. The molecule has 0 atom stereocenters. The van der Waals surface area contributed by atoms with E-state index in [0.29, 0.717) is 24.3 Å². The highest BCUT2D eigenvalue weighted by atomic mass is 16.7. The second-order valence-electron chi connectivity index (χ2n) is 5.97. The van der Waals surface area contributed by atoms with E-state index in [2.05, 4.69) is 0 Å². The number of carbonyl (C=O) groups excluding carboxylic acids is 2. The van der Waals surface area contributed by atoms with Crippen molar-refractivity contribution in [2.24, 2.45) is 0 Å². The molecule has 1 aliphatic carbocycles. The van der Waals surface area contributed by atoms with Gasteiger partial charge >= 0.3 is 0 Å². The first-order valence-electron chi connectivity index (χ1n) is 8.68. The van der Waals surface area contributed by atoms with Crippen LogP contribution in [0.25, 0.3) is 0 Å². The largest absolute Gasteiger partial charge is 0.346 e. The van der Waals surface area contributed by atoms with E-state index < -0.39 is 6.29 Å². The standard InChI is InChI=1S/C21H22O4/c1-3-24-21(25-4-2)19(22)16-11-12-18-15(13-16)10-9-14-7-5-6-8-17(14)20(18)23/h5-8,11-13,21H,3-4,9-10H2,1-2H3. The van der Waals surface area contributed by atoms with Crippen LogP contribution in [0.1, 0.15) is 51.3 Å². The number of ketones is 2. The molecule has 0 fully saturated rings. The average molecular weight is 338 g/mol. The summed E-state index contributed by atoms with van der Waals surface area (Å²) in [4.78, 5) is 25.5. The van der Waals surface area contributed by atoms with Gasteiger partial charge in [0.05, 0.1) is 0 Å². The van der Waals surface area contributed by atoms with Gasteiger partial charge in [-0.3, -0.25) is 9.59 Å². The summed E-state index contributed by atoms with van der Waals surface area (Å²) in [6.07, 6.45) is 0.617. The van der Waals surface area contributed by atoms with Gasteiger partial charge in [0.25, 0.3) is 0 Å². The summed E-state index contributed by atoms with van der Waals surface area (Å²) in [5.41, 5.74) is 3.90. The van der Waals surface area contributed by atoms with Crippen molar-refractivity contribution in [2.45, 2.75) is 33.0 Å². The van der Waals surface area contributed by atoms with Gasteiger partial charge in [-0.1, -0.05) is 36.4 Å². The fraction of sp³-hybridized carbons (Fsp3) is 0.333. The van der Waals surface area contributed by atoms with Gasteiger partial charge in [0, 0.05) is 29.9 Å². The van der Waals surface area contributed by atoms with Crippen molar-refractivity contribution in [3.63, 3.8) is 0 Å². The Hall–Kier alpha value is -2.30. The number of hydrogen-bond donors (Lipinski definition) is 0. The van der Waals surface area contributed by atoms with E-state index >= 15 is 0 Å². The van der Waals surface area contributed by atoms with Gasteiger partial charge in [0.1, 0.15) is 0 Å². The monoisotopic (exact) mass is 338 g/mol. The molecule has 0 heterocycles. The quantitative estimate of drug-likeness (QED) is 0.596. The van der Waals surface area contributed by atoms with Gasteiger partial charge in [-0.2, -0.15) is 0 Å². The lowest BCUT2D eigenvalue weighted by Gasteiger charge is -2.16. The lowest BCUT2D eigenvalue weighted by Crippen LogP contribution is -2.28. The summed E-state index contributed by atoms with van der Waals surface area (Å²) in [7, 11) is 0. The van der Waals surface area contributed by atoms with E-state index in [1.54, 1.807) is 12.1 Å². The number of ether oxygens (including phenoxy) is 2. The number of hydrogen-bond acceptors (Lipinski definition) is 4. The molecule has 25 heavy (non-hydrogen) atoms. The first-order valence-corrected chi connectivity index (χ1v) is 8.68. The van der Waals surface area contributed by atoms with E-state index in [1.807, 2.05) is 44.2 Å². The lowest BCUT2D eigenvalue weighted by molar-refractivity contribution is -0.107. The van der Waals surface area contributed by atoms with Crippen molar-refractivity contribution >= 4 is 11.6 Å². The van der Waals surface area contributed by atoms with Crippen LogP contribution in [0.4, 0.5) is 0 Å². The van der Waals surface area contributed by atoms with Crippen molar-refractivity contribution in [1.82, 2.24) is 0 Å². The van der Waals surface area contributed by atoms with Gasteiger partial charge in [-0.25, -0.2) is 0 Å². The molecule has 0 amide bonds. The predicted octanol–water partition coefficient (Wildman–Crippen LogP) is 3.60. The second-order valence-corrected chi connectivity index (χ2v) is 5.97. The summed E-state index contributed by atoms with van der Waals surface area (Å²) in [6.45, 7) is 4.45. The molecule has 4 heteroatoms. The zero-order chi connectivity index (χ0) is 17.8. The van der Waals surface area contributed by atoms with Crippen molar-refractivity contribution in [3.05, 3.63) is 70.3 Å². The van der Waals surface area contributed by atoms with Gasteiger partial charge in [-0.05, 0) is 43.9 Å². The molecule has 0 N–H and O–H groups in total. The Morgan fingerprint density at radius 1 is 0.960 bits per heavy atom. The second kappa shape index (κ2) is 7.72. The Morgan fingerprint density at radius 3 is 2.32 bits per heavy atom. The Morgan fingerprint density at radius 2 is 1.60 bits per heavy atom. The summed E-state index contributed by atoms with van der Waals surface area (Å²) in [5.74, 6) is -0.186. The molecule has 3 rings (SSSR count). The highest BCUT2D eigenvalue weighted by molar-refractivity contribution is 6.12. The van der Waals surface area contributed by atoms with Crippen LogP contribution in [0.3, 0.4) is 0 Å². The molecule has 0 saturated heterocycles. The Bertz CT molecular complexity index is 788. The summed E-state index contributed by atoms with van der Waals surface area (Å²) >= 11 is 0. The van der Waals surface area contributed by atoms with Crippen molar-refractivity contribution in [3.8, 4) is 0 Å². The number of fused-ring (bicyclic) bond motifs is 2.